The van der Waals surface area contributed by atoms with Gasteiger partial charge in [0.25, 0.3) is 5.91 Å². The van der Waals surface area contributed by atoms with Crippen LogP contribution in [0.4, 0.5) is 5.69 Å². The number of ether oxygens (including phenoxy) is 1. The lowest BCUT2D eigenvalue weighted by Gasteiger charge is -2.41. The Bertz CT molecular complexity index is 1740. The van der Waals surface area contributed by atoms with E-state index in [2.05, 4.69) is 0 Å². The molecule has 46 heavy (non-hydrogen) atoms. The molecule has 1 N–H and O–H groups in total. The van der Waals surface area contributed by atoms with E-state index in [1.54, 1.807) is 14.7 Å². The predicted molar refractivity (Wildman–Crippen MR) is 177 cm³/mol. The Morgan fingerprint density at radius 2 is 1.59 bits per heavy atom. The van der Waals surface area contributed by atoms with E-state index in [-0.39, 0.29) is 36.8 Å². The van der Waals surface area contributed by atoms with Crippen molar-refractivity contribution >= 4 is 34.2 Å². The van der Waals surface area contributed by atoms with Crippen LogP contribution < -0.4 is 4.90 Å². The Balaban J connectivity index is 1.34. The third-order valence-electron chi connectivity index (χ3n) is 10.7. The number of aliphatic hydroxyl groups is 1. The van der Waals surface area contributed by atoms with Gasteiger partial charge in [0.05, 0.1) is 30.1 Å². The molecule has 2 saturated heterocycles. The Labute approximate surface area is 269 Å². The second kappa shape index (κ2) is 11.5. The number of anilines is 1. The Kier molecular flexibility index (Phi) is 7.60. The van der Waals surface area contributed by atoms with Gasteiger partial charge in [-0.05, 0) is 41.3 Å². The second-order valence-electron chi connectivity index (χ2n) is 13.4. The Morgan fingerprint density at radius 3 is 2.33 bits per heavy atom. The highest BCUT2D eigenvalue weighted by Gasteiger charge is 2.75. The molecule has 4 heterocycles. The van der Waals surface area contributed by atoms with Crippen LogP contribution in [0, 0.1) is 17.8 Å². The number of carbonyl (C=O) groups excluding carboxylic acids is 3. The fraction of sp³-hybridized carbons (Fsp3) is 0.395. The molecular weight excluding hydrogens is 578 g/mol. The smallest absolute Gasteiger partial charge is 0.253 e. The van der Waals surface area contributed by atoms with Gasteiger partial charge in [0.1, 0.15) is 11.6 Å². The molecule has 238 valence electrons. The number of amides is 3. The predicted octanol–water partition coefficient (Wildman–Crippen LogP) is 4.72. The van der Waals surface area contributed by atoms with Gasteiger partial charge in [-0.15, -0.1) is 0 Å². The summed E-state index contributed by atoms with van der Waals surface area (Å²) in [7, 11) is 0. The fourth-order valence-electron chi connectivity index (χ4n) is 8.21. The zero-order valence-corrected chi connectivity index (χ0v) is 26.6. The summed E-state index contributed by atoms with van der Waals surface area (Å²) in [4.78, 5) is 49.5. The number of likely N-dealkylation sites (tertiary alicyclic amines) is 1. The van der Waals surface area contributed by atoms with E-state index in [4.69, 9.17) is 4.74 Å². The van der Waals surface area contributed by atoms with E-state index in [1.165, 1.54) is 0 Å². The summed E-state index contributed by atoms with van der Waals surface area (Å²) in [5.41, 5.74) is -0.795. The summed E-state index contributed by atoms with van der Waals surface area (Å²) in [6.45, 7) is 6.63. The third kappa shape index (κ3) is 4.61. The number of aliphatic hydroxyl groups excluding tert-OH is 1. The highest BCUT2D eigenvalue weighted by molar-refractivity contribution is 6.07. The minimum absolute atomic E-state index is 0.0929. The van der Waals surface area contributed by atoms with Crippen LogP contribution >= 0.6 is 0 Å². The van der Waals surface area contributed by atoms with Gasteiger partial charge in [-0.3, -0.25) is 14.4 Å². The number of rotatable bonds is 7. The molecule has 3 aromatic carbocycles. The van der Waals surface area contributed by atoms with Crippen molar-refractivity contribution in [1.82, 2.24) is 9.80 Å². The molecule has 3 amide bonds. The standard InChI is InChI=1S/C38H41N3O5/c1-4-25(2)30(24-42)41-33-36(45)40(29-17-16-27-14-8-9-15-28(27)22-29)21-11-19-38(33)32(35(41)44)31-34(43)39(20-10-18-37(31,3)46-38)23-26-12-6-5-7-13-26/h5-19,22,25,30-33,42H,4,20-21,23-24H2,1-3H3/t25-,30-,31+,32-,33?,37-,38-/m0/s1. The summed E-state index contributed by atoms with van der Waals surface area (Å²) < 4.78 is 7.02. The molecule has 0 aliphatic carbocycles. The van der Waals surface area contributed by atoms with Crippen LogP contribution in [0.25, 0.3) is 10.8 Å². The summed E-state index contributed by atoms with van der Waals surface area (Å²) in [6.07, 6.45) is 8.32. The first-order chi connectivity index (χ1) is 22.2. The number of nitrogens with zero attached hydrogens (tertiary/aromatic N) is 3. The highest BCUT2D eigenvalue weighted by atomic mass is 16.5. The minimum Gasteiger partial charge on any atom is -0.394 e. The number of carbonyl (C=O) groups is 3. The maximum atomic E-state index is 15.0. The van der Waals surface area contributed by atoms with Gasteiger partial charge in [0.2, 0.25) is 11.8 Å². The molecule has 7 rings (SSSR count). The van der Waals surface area contributed by atoms with Crippen LogP contribution in [0.2, 0.25) is 0 Å². The van der Waals surface area contributed by atoms with E-state index in [1.807, 2.05) is 118 Å². The van der Waals surface area contributed by atoms with E-state index < -0.39 is 35.1 Å². The van der Waals surface area contributed by atoms with Crippen LogP contribution in [0.15, 0.2) is 97.1 Å². The van der Waals surface area contributed by atoms with Crippen LogP contribution in [-0.4, -0.2) is 75.6 Å². The number of hydrogen-bond acceptors (Lipinski definition) is 5. The summed E-state index contributed by atoms with van der Waals surface area (Å²) >= 11 is 0. The largest absolute Gasteiger partial charge is 0.394 e. The number of fused-ring (bicyclic) bond motifs is 3. The highest BCUT2D eigenvalue weighted by Crippen LogP contribution is 2.58. The van der Waals surface area contributed by atoms with Gasteiger partial charge >= 0.3 is 0 Å². The molecule has 7 atom stereocenters. The molecule has 2 fully saturated rings. The normalized spacial score (nSPS) is 30.2. The van der Waals surface area contributed by atoms with Gasteiger partial charge in [-0.2, -0.15) is 0 Å². The quantitative estimate of drug-likeness (QED) is 0.387. The lowest BCUT2D eigenvalue weighted by molar-refractivity contribution is -0.152. The van der Waals surface area contributed by atoms with Gasteiger partial charge in [-0.1, -0.05) is 105 Å². The summed E-state index contributed by atoms with van der Waals surface area (Å²) in [6, 6.07) is 22.0. The molecule has 4 aliphatic rings. The average Bonchev–Trinajstić information content (AvgIpc) is 3.34. The first kappa shape index (κ1) is 30.4. The van der Waals surface area contributed by atoms with Crippen molar-refractivity contribution in [3.63, 3.8) is 0 Å². The van der Waals surface area contributed by atoms with Crippen molar-refractivity contribution in [1.29, 1.82) is 0 Å². The van der Waals surface area contributed by atoms with Gasteiger partial charge < -0.3 is 24.5 Å². The number of benzene rings is 3. The van der Waals surface area contributed by atoms with Crippen LogP contribution in [-0.2, 0) is 25.7 Å². The van der Waals surface area contributed by atoms with Crippen molar-refractivity contribution in [2.45, 2.75) is 57.0 Å². The molecule has 8 nitrogen and oxygen atoms in total. The van der Waals surface area contributed by atoms with Crippen molar-refractivity contribution < 1.29 is 24.2 Å². The topological polar surface area (TPSA) is 90.4 Å². The maximum Gasteiger partial charge on any atom is 0.253 e. The van der Waals surface area contributed by atoms with E-state index in [0.29, 0.717) is 25.2 Å². The molecule has 8 heteroatoms. The lowest BCUT2D eigenvalue weighted by Crippen LogP contribution is -2.60. The monoisotopic (exact) mass is 619 g/mol. The van der Waals surface area contributed by atoms with Crippen molar-refractivity contribution in [3.05, 3.63) is 103 Å². The summed E-state index contributed by atoms with van der Waals surface area (Å²) in [5.74, 6) is -2.66. The molecule has 0 aromatic heterocycles. The zero-order valence-electron chi connectivity index (χ0n) is 26.6. The second-order valence-corrected chi connectivity index (χ2v) is 13.4. The van der Waals surface area contributed by atoms with Crippen molar-refractivity contribution in [2.24, 2.45) is 17.8 Å². The third-order valence-corrected chi connectivity index (χ3v) is 10.7. The molecule has 3 aromatic rings. The molecule has 4 aliphatic heterocycles. The molecule has 1 unspecified atom stereocenters. The van der Waals surface area contributed by atoms with E-state index >= 15 is 0 Å². The lowest BCUT2D eigenvalue weighted by atomic mass is 9.74. The minimum atomic E-state index is -1.39. The molecular formula is C38H41N3O5. The van der Waals surface area contributed by atoms with E-state index in [0.717, 1.165) is 16.3 Å². The molecule has 1 spiro atoms. The average molecular weight is 620 g/mol. The van der Waals surface area contributed by atoms with Crippen molar-refractivity contribution in [2.75, 3.05) is 24.6 Å². The first-order valence-electron chi connectivity index (χ1n) is 16.3. The molecule has 0 bridgehead atoms. The Morgan fingerprint density at radius 1 is 0.870 bits per heavy atom. The van der Waals surface area contributed by atoms with Crippen LogP contribution in [0.3, 0.4) is 0 Å². The van der Waals surface area contributed by atoms with E-state index in [9.17, 15) is 19.5 Å². The fourth-order valence-corrected chi connectivity index (χ4v) is 8.21. The number of hydrogen-bond donors (Lipinski definition) is 1. The molecule has 0 radical (unpaired) electrons. The van der Waals surface area contributed by atoms with Gasteiger partial charge in [0.15, 0.2) is 0 Å². The SMILES string of the molecule is CC[C@H](C)[C@H](CO)N1C(=O)[C@@H]2[C@@H]3C(=O)N(Cc4ccccc4)CC=C[C@]3(C)O[C@@]23C=CCN(c2ccc4ccccc4c2)C(=O)C13. The zero-order chi connectivity index (χ0) is 32.2. The van der Waals surface area contributed by atoms with Crippen molar-refractivity contribution in [3.8, 4) is 0 Å². The molecule has 0 saturated carbocycles. The maximum absolute atomic E-state index is 15.0. The van der Waals surface area contributed by atoms with Gasteiger partial charge in [0, 0.05) is 25.3 Å². The Hall–Kier alpha value is -4.27. The van der Waals surface area contributed by atoms with Gasteiger partial charge in [-0.25, -0.2) is 0 Å². The summed E-state index contributed by atoms with van der Waals surface area (Å²) in [5, 5.41) is 12.8. The first-order valence-corrected chi connectivity index (χ1v) is 16.3. The van der Waals surface area contributed by atoms with Crippen LogP contribution in [0.1, 0.15) is 32.8 Å². The van der Waals surface area contributed by atoms with Crippen LogP contribution in [0.5, 0.6) is 0 Å².